The first-order valence-electron chi connectivity index (χ1n) is 4.19. The molecule has 0 fully saturated rings. The summed E-state index contributed by atoms with van der Waals surface area (Å²) >= 11 is 3.32. The van der Waals surface area contributed by atoms with Gasteiger partial charge in [0, 0.05) is 9.88 Å². The Bertz CT molecular complexity index is 573. The first-order chi connectivity index (χ1) is 6.99. The van der Waals surface area contributed by atoms with Gasteiger partial charge in [-0.15, -0.1) is 0 Å². The van der Waals surface area contributed by atoms with E-state index in [0.29, 0.717) is 5.57 Å². The molecule has 1 aliphatic rings. The summed E-state index contributed by atoms with van der Waals surface area (Å²) in [5, 5.41) is 1.09. The van der Waals surface area contributed by atoms with Gasteiger partial charge in [0.05, 0.1) is 0 Å². The van der Waals surface area contributed by atoms with Crippen molar-refractivity contribution in [3.63, 3.8) is 0 Å². The van der Waals surface area contributed by atoms with Crippen molar-refractivity contribution in [2.45, 2.75) is 0 Å². The molecule has 2 N–H and O–H groups in total. The Hall–Kier alpha value is -1.07. The number of nitrogens with two attached hydrogens (primary N) is 1. The van der Waals surface area contributed by atoms with Crippen LogP contribution in [0.25, 0.3) is 5.57 Å². The monoisotopic (exact) mass is 285 g/mol. The van der Waals surface area contributed by atoms with E-state index in [1.54, 1.807) is 0 Å². The predicted molar refractivity (Wildman–Crippen MR) is 63.3 cm³/mol. The second-order valence-electron chi connectivity index (χ2n) is 3.18. The van der Waals surface area contributed by atoms with Crippen LogP contribution in [-0.2, 0) is 9.84 Å². The van der Waals surface area contributed by atoms with Crippen LogP contribution in [0, 0.1) is 0 Å². The first-order valence-corrected chi connectivity index (χ1v) is 6.53. The molecule has 0 amide bonds. The minimum atomic E-state index is -3.37. The molecule has 0 spiro atoms. The molecule has 2 rings (SSSR count). The highest BCUT2D eigenvalue weighted by Crippen LogP contribution is 2.27. The molecule has 0 saturated heterocycles. The summed E-state index contributed by atoms with van der Waals surface area (Å²) in [6, 6.07) is 7.40. The third-order valence-electron chi connectivity index (χ3n) is 2.07. The average molecular weight is 286 g/mol. The van der Waals surface area contributed by atoms with Crippen LogP contribution < -0.4 is 5.73 Å². The number of allylic oxidation sites excluding steroid dienone is 2. The van der Waals surface area contributed by atoms with Gasteiger partial charge >= 0.3 is 0 Å². The van der Waals surface area contributed by atoms with Crippen molar-refractivity contribution < 1.29 is 8.42 Å². The van der Waals surface area contributed by atoms with E-state index in [9.17, 15) is 8.42 Å². The van der Waals surface area contributed by atoms with Crippen molar-refractivity contribution in [3.05, 3.63) is 50.8 Å². The maximum Gasteiger partial charge on any atom is 0.215 e. The fourth-order valence-electron chi connectivity index (χ4n) is 1.32. The van der Waals surface area contributed by atoms with E-state index in [2.05, 4.69) is 15.9 Å². The number of hydrogen-bond donors (Lipinski definition) is 1. The zero-order valence-electron chi connectivity index (χ0n) is 7.64. The van der Waals surface area contributed by atoms with Crippen LogP contribution in [0.2, 0.25) is 0 Å². The molecular weight excluding hydrogens is 278 g/mol. The van der Waals surface area contributed by atoms with E-state index in [1.807, 2.05) is 24.3 Å². The van der Waals surface area contributed by atoms with Crippen LogP contribution in [0.15, 0.2) is 45.3 Å². The van der Waals surface area contributed by atoms with Gasteiger partial charge in [-0.1, -0.05) is 28.1 Å². The number of halogens is 1. The van der Waals surface area contributed by atoms with Gasteiger partial charge in [-0.2, -0.15) is 0 Å². The molecule has 0 bridgehead atoms. The average Bonchev–Trinajstić information content (AvgIpc) is 2.42. The predicted octanol–water partition coefficient (Wildman–Crippen LogP) is 2.02. The molecule has 0 saturated carbocycles. The highest BCUT2D eigenvalue weighted by Gasteiger charge is 2.20. The Morgan fingerprint density at radius 2 is 2.00 bits per heavy atom. The van der Waals surface area contributed by atoms with Crippen molar-refractivity contribution in [2.24, 2.45) is 5.73 Å². The molecule has 1 heterocycles. The molecule has 15 heavy (non-hydrogen) atoms. The molecule has 1 aromatic carbocycles. The van der Waals surface area contributed by atoms with Crippen LogP contribution >= 0.6 is 15.9 Å². The lowest BCUT2D eigenvalue weighted by Crippen LogP contribution is -2.04. The van der Waals surface area contributed by atoms with E-state index in [1.165, 1.54) is 11.5 Å². The van der Waals surface area contributed by atoms with Gasteiger partial charge in [-0.3, -0.25) is 0 Å². The van der Waals surface area contributed by atoms with E-state index in [0.717, 1.165) is 10.0 Å². The molecule has 1 aromatic rings. The maximum atomic E-state index is 11.3. The van der Waals surface area contributed by atoms with Crippen LogP contribution in [0.1, 0.15) is 5.56 Å². The molecule has 0 aliphatic carbocycles. The van der Waals surface area contributed by atoms with E-state index in [-0.39, 0.29) is 5.03 Å². The van der Waals surface area contributed by atoms with E-state index >= 15 is 0 Å². The smallest absolute Gasteiger partial charge is 0.215 e. The summed E-state index contributed by atoms with van der Waals surface area (Å²) in [6.07, 6.45) is 1.47. The Morgan fingerprint density at radius 3 is 2.53 bits per heavy atom. The van der Waals surface area contributed by atoms with Crippen LogP contribution in [0.4, 0.5) is 0 Å². The summed E-state index contributed by atoms with van der Waals surface area (Å²) in [6.45, 7) is 0. The van der Waals surface area contributed by atoms with Crippen molar-refractivity contribution in [3.8, 4) is 0 Å². The maximum absolute atomic E-state index is 11.3. The zero-order valence-corrected chi connectivity index (χ0v) is 10.0. The second kappa shape index (κ2) is 3.50. The molecule has 3 nitrogen and oxygen atoms in total. The molecular formula is C10H8BrNO2S. The highest BCUT2D eigenvalue weighted by molar-refractivity contribution is 9.10. The lowest BCUT2D eigenvalue weighted by Gasteiger charge is -1.98. The summed E-state index contributed by atoms with van der Waals surface area (Å²) in [4.78, 5) is 0. The first kappa shape index (κ1) is 10.4. The highest BCUT2D eigenvalue weighted by atomic mass is 79.9. The van der Waals surface area contributed by atoms with Gasteiger partial charge in [-0.05, 0) is 29.3 Å². The fourth-order valence-corrected chi connectivity index (χ4v) is 2.69. The van der Waals surface area contributed by atoms with Crippen LogP contribution in [0.3, 0.4) is 0 Å². The van der Waals surface area contributed by atoms with E-state index < -0.39 is 9.84 Å². The van der Waals surface area contributed by atoms with Gasteiger partial charge in [0.15, 0.2) is 0 Å². The summed E-state index contributed by atoms with van der Waals surface area (Å²) < 4.78 is 23.6. The SMILES string of the molecule is NC1=CC(c2cccc(Br)c2)=CS1(=O)=O. The lowest BCUT2D eigenvalue weighted by atomic mass is 10.1. The Labute approximate surface area is 96.3 Å². The van der Waals surface area contributed by atoms with Crippen molar-refractivity contribution in [1.29, 1.82) is 0 Å². The summed E-state index contributed by atoms with van der Waals surface area (Å²) in [5.74, 6) is 0. The minimum Gasteiger partial charge on any atom is -0.389 e. The van der Waals surface area contributed by atoms with Crippen LogP contribution in [0.5, 0.6) is 0 Å². The molecule has 0 aromatic heterocycles. The van der Waals surface area contributed by atoms with Gasteiger partial charge in [-0.25, -0.2) is 8.42 Å². The zero-order chi connectivity index (χ0) is 11.1. The normalized spacial score (nSPS) is 18.5. The van der Waals surface area contributed by atoms with Crippen molar-refractivity contribution in [2.75, 3.05) is 0 Å². The standard InChI is InChI=1S/C10H8BrNO2S/c11-9-3-1-2-7(4-9)8-5-10(12)15(13,14)6-8/h1-6H,12H2. The lowest BCUT2D eigenvalue weighted by molar-refractivity contribution is 0.610. The van der Waals surface area contributed by atoms with Gasteiger partial charge in [0.25, 0.3) is 0 Å². The number of hydrogen-bond acceptors (Lipinski definition) is 3. The Balaban J connectivity index is 2.53. The molecule has 0 radical (unpaired) electrons. The quantitative estimate of drug-likeness (QED) is 0.859. The molecule has 0 atom stereocenters. The molecule has 1 aliphatic heterocycles. The summed E-state index contributed by atoms with van der Waals surface area (Å²) in [7, 11) is -3.37. The second-order valence-corrected chi connectivity index (χ2v) is 5.89. The summed E-state index contributed by atoms with van der Waals surface area (Å²) in [5.41, 5.74) is 6.83. The Kier molecular flexibility index (Phi) is 2.44. The molecule has 0 unspecified atom stereocenters. The molecule has 5 heteroatoms. The van der Waals surface area contributed by atoms with Gasteiger partial charge in [0.1, 0.15) is 5.03 Å². The Morgan fingerprint density at radius 1 is 1.27 bits per heavy atom. The number of rotatable bonds is 1. The number of benzene rings is 1. The number of sulfone groups is 1. The largest absolute Gasteiger partial charge is 0.389 e. The van der Waals surface area contributed by atoms with Crippen LogP contribution in [-0.4, -0.2) is 8.42 Å². The van der Waals surface area contributed by atoms with Gasteiger partial charge < -0.3 is 5.73 Å². The third-order valence-corrected chi connectivity index (χ3v) is 3.90. The van der Waals surface area contributed by atoms with E-state index in [4.69, 9.17) is 5.73 Å². The topological polar surface area (TPSA) is 60.2 Å². The van der Waals surface area contributed by atoms with Crippen molar-refractivity contribution >= 4 is 31.3 Å². The minimum absolute atomic E-state index is 0.0996. The third kappa shape index (κ3) is 1.98. The molecule has 78 valence electrons. The van der Waals surface area contributed by atoms with Crippen molar-refractivity contribution in [1.82, 2.24) is 0 Å². The fraction of sp³-hybridized carbons (Fsp3) is 0. The van der Waals surface area contributed by atoms with Gasteiger partial charge in [0.2, 0.25) is 9.84 Å².